The van der Waals surface area contributed by atoms with Gasteiger partial charge in [0.2, 0.25) is 0 Å². The number of carbonyl (C=O) groups excluding carboxylic acids is 1. The van der Waals surface area contributed by atoms with Crippen LogP contribution in [0.2, 0.25) is 0 Å². The number of benzene rings is 1. The topological polar surface area (TPSA) is 41.6 Å². The molecular weight excluding hydrogens is 204 g/mol. The van der Waals surface area contributed by atoms with Crippen LogP contribution in [0.3, 0.4) is 0 Å². The number of amides is 1. The largest absolute Gasteiger partial charge is 0.462 e. The molecule has 0 aromatic heterocycles. The van der Waals surface area contributed by atoms with E-state index in [1.807, 2.05) is 12.1 Å². The van der Waals surface area contributed by atoms with Crippen LogP contribution in [0.1, 0.15) is 10.4 Å². The second-order valence-electron chi connectivity index (χ2n) is 3.59. The summed E-state index contributed by atoms with van der Waals surface area (Å²) < 4.78 is 5.49. The van der Waals surface area contributed by atoms with Gasteiger partial charge in [-0.1, -0.05) is 12.1 Å². The lowest BCUT2D eigenvalue weighted by Gasteiger charge is -2.23. The standard InChI is InChI=1S/C12H10N2O2/c15-12-10-3-1-2-4-11(10)16-8-9-7-13-5-6-14(9)12/h1-6,8,13H,7H2. The zero-order valence-corrected chi connectivity index (χ0v) is 8.51. The summed E-state index contributed by atoms with van der Waals surface area (Å²) >= 11 is 0. The zero-order valence-electron chi connectivity index (χ0n) is 8.51. The van der Waals surface area contributed by atoms with Crippen LogP contribution in [0.5, 0.6) is 5.75 Å². The van der Waals surface area contributed by atoms with Crippen molar-refractivity contribution < 1.29 is 9.53 Å². The fourth-order valence-electron chi connectivity index (χ4n) is 1.78. The van der Waals surface area contributed by atoms with Gasteiger partial charge in [-0.3, -0.25) is 9.69 Å². The van der Waals surface area contributed by atoms with E-state index in [-0.39, 0.29) is 5.91 Å². The number of hydrogen-bond acceptors (Lipinski definition) is 3. The molecule has 4 heteroatoms. The summed E-state index contributed by atoms with van der Waals surface area (Å²) in [6.07, 6.45) is 5.08. The van der Waals surface area contributed by atoms with Gasteiger partial charge in [0.05, 0.1) is 17.8 Å². The van der Waals surface area contributed by atoms with Crippen molar-refractivity contribution in [1.29, 1.82) is 0 Å². The molecule has 0 saturated heterocycles. The number of rotatable bonds is 0. The Bertz CT molecular complexity index is 505. The molecule has 2 heterocycles. The summed E-state index contributed by atoms with van der Waals surface area (Å²) in [6.45, 7) is 0.593. The van der Waals surface area contributed by atoms with Gasteiger partial charge in [0, 0.05) is 12.4 Å². The molecule has 4 nitrogen and oxygen atoms in total. The lowest BCUT2D eigenvalue weighted by atomic mass is 10.1. The minimum absolute atomic E-state index is 0.0582. The molecule has 80 valence electrons. The molecule has 1 aromatic carbocycles. The summed E-state index contributed by atoms with van der Waals surface area (Å²) in [5.74, 6) is 0.542. The molecule has 3 rings (SSSR count). The van der Waals surface area contributed by atoms with E-state index in [0.29, 0.717) is 17.9 Å². The van der Waals surface area contributed by atoms with E-state index in [0.717, 1.165) is 5.70 Å². The summed E-state index contributed by atoms with van der Waals surface area (Å²) in [4.78, 5) is 13.8. The number of ether oxygens (including phenoxy) is 1. The molecule has 0 unspecified atom stereocenters. The van der Waals surface area contributed by atoms with Gasteiger partial charge in [-0.2, -0.15) is 0 Å². The zero-order chi connectivity index (χ0) is 11.0. The second kappa shape index (κ2) is 3.41. The predicted molar refractivity (Wildman–Crippen MR) is 58.5 cm³/mol. The SMILES string of the molecule is O=C1c2ccccc2OC=C2CNC=CN12. The molecule has 0 spiro atoms. The third kappa shape index (κ3) is 1.27. The smallest absolute Gasteiger partial charge is 0.266 e. The Morgan fingerprint density at radius 3 is 3.12 bits per heavy atom. The average Bonchev–Trinajstić information content (AvgIpc) is 2.49. The maximum absolute atomic E-state index is 12.2. The van der Waals surface area contributed by atoms with Gasteiger partial charge >= 0.3 is 0 Å². The van der Waals surface area contributed by atoms with Gasteiger partial charge in [-0.05, 0) is 12.1 Å². The van der Waals surface area contributed by atoms with Crippen molar-refractivity contribution in [2.75, 3.05) is 6.54 Å². The van der Waals surface area contributed by atoms with E-state index in [9.17, 15) is 4.79 Å². The molecule has 0 saturated carbocycles. The van der Waals surface area contributed by atoms with Gasteiger partial charge in [0.15, 0.2) is 0 Å². The Hall–Kier alpha value is -2.23. The molecular formula is C12H10N2O2. The highest BCUT2D eigenvalue weighted by Crippen LogP contribution is 2.26. The average molecular weight is 214 g/mol. The highest BCUT2D eigenvalue weighted by Gasteiger charge is 2.25. The molecule has 0 aliphatic carbocycles. The van der Waals surface area contributed by atoms with Crippen LogP contribution >= 0.6 is 0 Å². The molecule has 0 atom stereocenters. The molecule has 1 N–H and O–H groups in total. The van der Waals surface area contributed by atoms with Gasteiger partial charge in [0.25, 0.3) is 5.91 Å². The molecule has 2 aliphatic rings. The van der Waals surface area contributed by atoms with E-state index < -0.39 is 0 Å². The minimum Gasteiger partial charge on any atom is -0.462 e. The van der Waals surface area contributed by atoms with E-state index in [1.165, 1.54) is 0 Å². The summed E-state index contributed by atoms with van der Waals surface area (Å²) in [7, 11) is 0. The van der Waals surface area contributed by atoms with Crippen LogP contribution in [0.25, 0.3) is 0 Å². The van der Waals surface area contributed by atoms with Crippen LogP contribution in [0.4, 0.5) is 0 Å². The van der Waals surface area contributed by atoms with Crippen molar-refractivity contribution in [3.63, 3.8) is 0 Å². The summed E-state index contributed by atoms with van der Waals surface area (Å²) in [5, 5.41) is 3.04. The van der Waals surface area contributed by atoms with Crippen molar-refractivity contribution in [1.82, 2.24) is 10.2 Å². The van der Waals surface area contributed by atoms with Crippen LogP contribution in [0, 0.1) is 0 Å². The normalized spacial score (nSPS) is 17.6. The summed E-state index contributed by atoms with van der Waals surface area (Å²) in [6, 6.07) is 7.24. The monoisotopic (exact) mass is 214 g/mol. The number of carbonyl (C=O) groups is 1. The Kier molecular flexibility index (Phi) is 1.93. The van der Waals surface area contributed by atoms with Crippen LogP contribution in [-0.4, -0.2) is 17.4 Å². The Balaban J connectivity index is 2.12. The molecule has 0 radical (unpaired) electrons. The van der Waals surface area contributed by atoms with Crippen molar-refractivity contribution in [2.24, 2.45) is 0 Å². The van der Waals surface area contributed by atoms with E-state index in [2.05, 4.69) is 5.32 Å². The fraction of sp³-hybridized carbons (Fsp3) is 0.0833. The molecule has 16 heavy (non-hydrogen) atoms. The highest BCUT2D eigenvalue weighted by molar-refractivity contribution is 5.99. The van der Waals surface area contributed by atoms with Crippen molar-refractivity contribution in [3.05, 3.63) is 54.2 Å². The Labute approximate surface area is 92.8 Å². The van der Waals surface area contributed by atoms with Crippen molar-refractivity contribution in [3.8, 4) is 5.75 Å². The maximum atomic E-state index is 12.2. The molecule has 1 aromatic rings. The number of fused-ring (bicyclic) bond motifs is 2. The van der Waals surface area contributed by atoms with E-state index in [1.54, 1.807) is 35.7 Å². The first-order chi connectivity index (χ1) is 7.86. The second-order valence-corrected chi connectivity index (χ2v) is 3.59. The Morgan fingerprint density at radius 2 is 2.19 bits per heavy atom. The fourth-order valence-corrected chi connectivity index (χ4v) is 1.78. The maximum Gasteiger partial charge on any atom is 0.266 e. The third-order valence-electron chi connectivity index (χ3n) is 2.59. The highest BCUT2D eigenvalue weighted by atomic mass is 16.5. The first kappa shape index (κ1) is 9.03. The summed E-state index contributed by atoms with van der Waals surface area (Å²) in [5.41, 5.74) is 1.39. The molecule has 1 amide bonds. The number of nitrogens with one attached hydrogen (secondary N) is 1. The van der Waals surface area contributed by atoms with Crippen molar-refractivity contribution >= 4 is 5.91 Å². The first-order valence-corrected chi connectivity index (χ1v) is 5.04. The van der Waals surface area contributed by atoms with E-state index in [4.69, 9.17) is 4.74 Å². The lowest BCUT2D eigenvalue weighted by molar-refractivity contribution is 0.0853. The van der Waals surface area contributed by atoms with Gasteiger partial charge < -0.3 is 10.1 Å². The van der Waals surface area contributed by atoms with Gasteiger partial charge in [0.1, 0.15) is 12.0 Å². The Morgan fingerprint density at radius 1 is 1.31 bits per heavy atom. The quantitative estimate of drug-likeness (QED) is 0.710. The van der Waals surface area contributed by atoms with Crippen LogP contribution in [-0.2, 0) is 0 Å². The molecule has 0 fully saturated rings. The van der Waals surface area contributed by atoms with Gasteiger partial charge in [-0.15, -0.1) is 0 Å². The molecule has 2 aliphatic heterocycles. The van der Waals surface area contributed by atoms with Gasteiger partial charge in [-0.25, -0.2) is 0 Å². The van der Waals surface area contributed by atoms with E-state index >= 15 is 0 Å². The lowest BCUT2D eigenvalue weighted by Crippen LogP contribution is -2.33. The third-order valence-corrected chi connectivity index (χ3v) is 2.59. The van der Waals surface area contributed by atoms with Crippen LogP contribution in [0.15, 0.2) is 48.6 Å². The number of hydrogen-bond donors (Lipinski definition) is 1. The minimum atomic E-state index is -0.0582. The number of nitrogens with zero attached hydrogens (tertiary/aromatic N) is 1. The number of para-hydroxylation sites is 1. The first-order valence-electron chi connectivity index (χ1n) is 5.04. The molecule has 0 bridgehead atoms. The predicted octanol–water partition coefficient (Wildman–Crippen LogP) is 1.44. The van der Waals surface area contributed by atoms with Crippen molar-refractivity contribution in [2.45, 2.75) is 0 Å². The van der Waals surface area contributed by atoms with Crippen LogP contribution < -0.4 is 10.1 Å².